The molecule has 2 nitrogen and oxygen atoms in total. The monoisotopic (exact) mass is 290 g/mol. The van der Waals surface area contributed by atoms with Gasteiger partial charge in [0.25, 0.3) is 0 Å². The summed E-state index contributed by atoms with van der Waals surface area (Å²) in [5.41, 5.74) is 0.257. The lowest BCUT2D eigenvalue weighted by molar-refractivity contribution is -0.125. The molecule has 1 unspecified atom stereocenters. The Morgan fingerprint density at radius 3 is 2.50 bits per heavy atom. The molecule has 0 saturated carbocycles. The molecule has 0 saturated heterocycles. The first-order valence-electron chi connectivity index (χ1n) is 6.68. The van der Waals surface area contributed by atoms with E-state index in [0.717, 1.165) is 16.3 Å². The highest BCUT2D eigenvalue weighted by atomic mass is 35.5. The Morgan fingerprint density at radius 2 is 1.85 bits per heavy atom. The van der Waals surface area contributed by atoms with Crippen LogP contribution in [0.4, 0.5) is 0 Å². The van der Waals surface area contributed by atoms with Gasteiger partial charge in [-0.3, -0.25) is 4.79 Å². The lowest BCUT2D eigenvalue weighted by Gasteiger charge is -2.21. The lowest BCUT2D eigenvalue weighted by Crippen LogP contribution is -2.30. The molecule has 0 radical (unpaired) electrons. The van der Waals surface area contributed by atoms with Crippen LogP contribution in [-0.4, -0.2) is 16.3 Å². The van der Waals surface area contributed by atoms with E-state index in [2.05, 4.69) is 0 Å². The van der Waals surface area contributed by atoms with E-state index >= 15 is 0 Å². The van der Waals surface area contributed by atoms with Gasteiger partial charge in [-0.1, -0.05) is 51.1 Å². The Balaban J connectivity index is 2.39. The van der Waals surface area contributed by atoms with Gasteiger partial charge in [-0.25, -0.2) is 0 Å². The molecular formula is C17H19ClO2. The van der Waals surface area contributed by atoms with Gasteiger partial charge in [-0.15, -0.1) is 11.6 Å². The molecule has 0 fully saturated rings. The number of fused-ring (bicyclic) bond motifs is 1. The summed E-state index contributed by atoms with van der Waals surface area (Å²) in [5, 5.41) is 11.4. The van der Waals surface area contributed by atoms with Crippen molar-refractivity contribution in [1.82, 2.24) is 0 Å². The number of phenolic OH excluding ortho intramolecular Hbond substituents is 1. The maximum absolute atomic E-state index is 12.2. The van der Waals surface area contributed by atoms with Crippen LogP contribution in [0.5, 0.6) is 5.75 Å². The van der Waals surface area contributed by atoms with Crippen molar-refractivity contribution in [3.05, 3.63) is 42.0 Å². The first-order chi connectivity index (χ1) is 9.30. The molecule has 20 heavy (non-hydrogen) atoms. The number of benzene rings is 2. The first-order valence-corrected chi connectivity index (χ1v) is 7.12. The van der Waals surface area contributed by atoms with E-state index in [9.17, 15) is 9.90 Å². The summed E-state index contributed by atoms with van der Waals surface area (Å²) in [6.45, 7) is 5.56. The summed E-state index contributed by atoms with van der Waals surface area (Å²) in [4.78, 5) is 12.2. The zero-order chi connectivity index (χ0) is 14.9. The van der Waals surface area contributed by atoms with Gasteiger partial charge in [0, 0.05) is 17.4 Å². The topological polar surface area (TPSA) is 37.3 Å². The maximum atomic E-state index is 12.2. The van der Waals surface area contributed by atoms with Crippen molar-refractivity contribution in [2.75, 3.05) is 0 Å². The van der Waals surface area contributed by atoms with Crippen molar-refractivity contribution in [3.63, 3.8) is 0 Å². The first kappa shape index (κ1) is 14.9. The van der Waals surface area contributed by atoms with Gasteiger partial charge in [0.05, 0.1) is 5.38 Å². The van der Waals surface area contributed by atoms with Gasteiger partial charge >= 0.3 is 0 Å². The van der Waals surface area contributed by atoms with Crippen LogP contribution in [0.1, 0.15) is 26.3 Å². The summed E-state index contributed by atoms with van der Waals surface area (Å²) >= 11 is 6.26. The van der Waals surface area contributed by atoms with Crippen LogP contribution in [0.3, 0.4) is 0 Å². The van der Waals surface area contributed by atoms with Gasteiger partial charge in [0.1, 0.15) is 5.75 Å². The number of carbonyl (C=O) groups excluding carboxylic acids is 1. The van der Waals surface area contributed by atoms with Crippen LogP contribution >= 0.6 is 11.6 Å². The van der Waals surface area contributed by atoms with Crippen molar-refractivity contribution in [2.45, 2.75) is 32.6 Å². The van der Waals surface area contributed by atoms with Gasteiger partial charge in [-0.2, -0.15) is 0 Å². The molecule has 0 aliphatic carbocycles. The van der Waals surface area contributed by atoms with E-state index in [-0.39, 0.29) is 11.5 Å². The van der Waals surface area contributed by atoms with Crippen molar-refractivity contribution in [2.24, 2.45) is 5.41 Å². The Labute approximate surface area is 124 Å². The quantitative estimate of drug-likeness (QED) is 0.855. The Bertz CT molecular complexity index is 641. The Kier molecular flexibility index (Phi) is 4.05. The summed E-state index contributed by atoms with van der Waals surface area (Å²) in [6, 6.07) is 11.3. The second kappa shape index (κ2) is 5.45. The van der Waals surface area contributed by atoms with Crippen molar-refractivity contribution >= 4 is 28.2 Å². The number of alkyl halides is 1. The van der Waals surface area contributed by atoms with Crippen LogP contribution < -0.4 is 0 Å². The molecule has 0 spiro atoms. The van der Waals surface area contributed by atoms with Gasteiger partial charge in [-0.05, 0) is 16.8 Å². The number of Topliss-reactive ketones (excluding diaryl/α,β-unsaturated/α-hetero) is 1. The van der Waals surface area contributed by atoms with Crippen molar-refractivity contribution in [1.29, 1.82) is 0 Å². The maximum Gasteiger partial charge on any atom is 0.156 e. The van der Waals surface area contributed by atoms with Gasteiger partial charge in [0.2, 0.25) is 0 Å². The molecule has 1 atom stereocenters. The minimum absolute atomic E-state index is 0.00787. The number of halogens is 1. The fourth-order valence-corrected chi connectivity index (χ4v) is 2.76. The minimum atomic E-state index is -0.633. The molecule has 0 aliphatic rings. The van der Waals surface area contributed by atoms with Crippen LogP contribution in [0.2, 0.25) is 0 Å². The molecule has 0 heterocycles. The number of phenols is 1. The predicted octanol–water partition coefficient (Wildman–Crippen LogP) is 4.31. The average molecular weight is 291 g/mol. The van der Waals surface area contributed by atoms with Gasteiger partial charge < -0.3 is 5.11 Å². The number of hydrogen-bond acceptors (Lipinski definition) is 2. The Morgan fingerprint density at radius 1 is 1.20 bits per heavy atom. The van der Waals surface area contributed by atoms with E-state index in [1.165, 1.54) is 0 Å². The number of ketones is 1. The highest BCUT2D eigenvalue weighted by Gasteiger charge is 2.29. The fraction of sp³-hybridized carbons (Fsp3) is 0.353. The second-order valence-corrected chi connectivity index (χ2v) is 6.60. The third kappa shape index (κ3) is 2.96. The molecule has 0 bridgehead atoms. The molecule has 2 aromatic rings. The molecule has 2 rings (SSSR count). The predicted molar refractivity (Wildman–Crippen MR) is 83.4 cm³/mol. The third-order valence-electron chi connectivity index (χ3n) is 3.42. The van der Waals surface area contributed by atoms with E-state index in [1.54, 1.807) is 6.07 Å². The average Bonchev–Trinajstić information content (AvgIpc) is 2.40. The number of carbonyl (C=O) groups is 1. The third-order valence-corrected chi connectivity index (χ3v) is 3.78. The molecular weight excluding hydrogens is 272 g/mol. The highest BCUT2D eigenvalue weighted by Crippen LogP contribution is 2.31. The van der Waals surface area contributed by atoms with Crippen molar-refractivity contribution in [3.8, 4) is 5.75 Å². The summed E-state index contributed by atoms with van der Waals surface area (Å²) in [7, 11) is 0. The van der Waals surface area contributed by atoms with Gasteiger partial charge in [0.15, 0.2) is 5.78 Å². The molecule has 1 N–H and O–H groups in total. The fourth-order valence-electron chi connectivity index (χ4n) is 2.28. The number of aromatic hydroxyl groups is 1. The minimum Gasteiger partial charge on any atom is -0.508 e. The number of hydrogen-bond donors (Lipinski definition) is 1. The zero-order valence-corrected chi connectivity index (χ0v) is 12.7. The molecule has 2 aromatic carbocycles. The van der Waals surface area contributed by atoms with E-state index in [1.807, 2.05) is 51.1 Å². The van der Waals surface area contributed by atoms with Crippen LogP contribution in [0, 0.1) is 5.41 Å². The summed E-state index contributed by atoms with van der Waals surface area (Å²) in [5.74, 6) is 0.183. The summed E-state index contributed by atoms with van der Waals surface area (Å²) in [6.07, 6.45) is 0.338. The second-order valence-electron chi connectivity index (χ2n) is 6.07. The lowest BCUT2D eigenvalue weighted by atomic mass is 9.86. The standard InChI is InChI=1S/C17H19ClO2/c1-17(2,3)16(20)14(18)10-13-12-7-5-4-6-11(12)8-9-15(13)19/h4-9,14,19H,10H2,1-3H3. The van der Waals surface area contributed by atoms with Crippen LogP contribution in [0.25, 0.3) is 10.8 Å². The normalized spacial score (nSPS) is 13.4. The van der Waals surface area contributed by atoms with E-state index in [4.69, 9.17) is 11.6 Å². The van der Waals surface area contributed by atoms with E-state index in [0.29, 0.717) is 6.42 Å². The van der Waals surface area contributed by atoms with Crippen molar-refractivity contribution < 1.29 is 9.90 Å². The van der Waals surface area contributed by atoms with Crippen LogP contribution in [-0.2, 0) is 11.2 Å². The summed E-state index contributed by atoms with van der Waals surface area (Å²) < 4.78 is 0. The van der Waals surface area contributed by atoms with E-state index < -0.39 is 10.8 Å². The molecule has 0 aromatic heterocycles. The molecule has 0 amide bonds. The smallest absolute Gasteiger partial charge is 0.156 e. The molecule has 0 aliphatic heterocycles. The Hall–Kier alpha value is -1.54. The molecule has 106 valence electrons. The number of rotatable bonds is 3. The SMILES string of the molecule is CC(C)(C)C(=O)C(Cl)Cc1c(O)ccc2ccccc12. The highest BCUT2D eigenvalue weighted by molar-refractivity contribution is 6.32. The largest absolute Gasteiger partial charge is 0.508 e. The molecule has 3 heteroatoms. The zero-order valence-electron chi connectivity index (χ0n) is 12.0. The van der Waals surface area contributed by atoms with Crippen LogP contribution in [0.15, 0.2) is 36.4 Å².